The number of ether oxygens (including phenoxy) is 1. The average molecular weight is 419 g/mol. The fourth-order valence-electron chi connectivity index (χ4n) is 3.69. The molecule has 0 saturated carbocycles. The minimum Gasteiger partial charge on any atom is -0.503 e. The molecule has 28 heavy (non-hydrogen) atoms. The normalized spacial score (nSPS) is 20.9. The van der Waals surface area contributed by atoms with E-state index in [1.54, 1.807) is 17.0 Å². The Hall–Kier alpha value is -2.00. The maximum Gasteiger partial charge on any atom is 0.290 e. The van der Waals surface area contributed by atoms with Crippen molar-refractivity contribution >= 4 is 34.4 Å². The van der Waals surface area contributed by atoms with Gasteiger partial charge in [-0.05, 0) is 29.3 Å². The maximum atomic E-state index is 13.0. The van der Waals surface area contributed by atoms with Crippen LogP contribution >= 0.6 is 22.7 Å². The van der Waals surface area contributed by atoms with Gasteiger partial charge in [0.2, 0.25) is 5.78 Å². The molecule has 2 aliphatic heterocycles. The van der Waals surface area contributed by atoms with Crippen molar-refractivity contribution in [2.45, 2.75) is 12.5 Å². The van der Waals surface area contributed by atoms with Gasteiger partial charge >= 0.3 is 0 Å². The number of aliphatic hydroxyl groups is 1. The number of hydrogen-bond acceptors (Lipinski definition) is 7. The van der Waals surface area contributed by atoms with Crippen LogP contribution in [-0.4, -0.2) is 66.0 Å². The Kier molecular flexibility index (Phi) is 5.91. The highest BCUT2D eigenvalue weighted by atomic mass is 32.1. The van der Waals surface area contributed by atoms with Crippen LogP contribution in [0.25, 0.3) is 0 Å². The van der Waals surface area contributed by atoms with E-state index in [-0.39, 0.29) is 11.4 Å². The summed E-state index contributed by atoms with van der Waals surface area (Å²) in [5, 5.41) is 14.3. The van der Waals surface area contributed by atoms with Gasteiger partial charge in [0.1, 0.15) is 0 Å². The highest BCUT2D eigenvalue weighted by molar-refractivity contribution is 7.12. The van der Waals surface area contributed by atoms with Crippen molar-refractivity contribution in [3.8, 4) is 0 Å². The van der Waals surface area contributed by atoms with Gasteiger partial charge in [0.25, 0.3) is 5.91 Å². The number of aliphatic hydroxyl groups excluding tert-OH is 1. The highest BCUT2D eigenvalue weighted by Crippen LogP contribution is 2.41. The van der Waals surface area contributed by atoms with E-state index in [1.165, 1.54) is 22.7 Å². The van der Waals surface area contributed by atoms with E-state index >= 15 is 0 Å². The summed E-state index contributed by atoms with van der Waals surface area (Å²) in [4.78, 5) is 31.2. The van der Waals surface area contributed by atoms with E-state index in [0.29, 0.717) is 11.4 Å². The Morgan fingerprint density at radius 1 is 1.14 bits per heavy atom. The molecular weight excluding hydrogens is 396 g/mol. The van der Waals surface area contributed by atoms with Gasteiger partial charge in [-0.25, -0.2) is 0 Å². The molecule has 0 aliphatic carbocycles. The van der Waals surface area contributed by atoms with Crippen LogP contribution in [0.1, 0.15) is 27.0 Å². The summed E-state index contributed by atoms with van der Waals surface area (Å²) < 4.78 is 5.37. The Labute approximate surface area is 171 Å². The molecule has 6 nitrogen and oxygen atoms in total. The van der Waals surface area contributed by atoms with Gasteiger partial charge in [0, 0.05) is 31.1 Å². The summed E-state index contributed by atoms with van der Waals surface area (Å²) in [5.74, 6) is -1.14. The Bertz CT molecular complexity index is 855. The summed E-state index contributed by atoms with van der Waals surface area (Å²) in [7, 11) is 0. The Balaban J connectivity index is 1.54. The number of hydrogen-bond donors (Lipinski definition) is 1. The molecule has 1 fully saturated rings. The summed E-state index contributed by atoms with van der Waals surface area (Å²) in [6.07, 6.45) is 0.779. The minimum absolute atomic E-state index is 0.196. The van der Waals surface area contributed by atoms with Gasteiger partial charge in [-0.2, -0.15) is 0 Å². The second kappa shape index (κ2) is 8.57. The molecule has 0 radical (unpaired) electrons. The molecule has 0 aromatic carbocycles. The fourth-order valence-corrected chi connectivity index (χ4v) is 5.21. The SMILES string of the molecule is O=C(C1=C(O)C(=O)N(CCCN2CCOCC2)[C@H]1c1cccs1)c1cccs1. The summed E-state index contributed by atoms with van der Waals surface area (Å²) in [6.45, 7) is 4.62. The van der Waals surface area contributed by atoms with E-state index in [4.69, 9.17) is 4.74 Å². The molecule has 1 amide bonds. The van der Waals surface area contributed by atoms with Crippen LogP contribution in [0.5, 0.6) is 0 Å². The average Bonchev–Trinajstić information content (AvgIpc) is 3.46. The predicted octanol–water partition coefficient (Wildman–Crippen LogP) is 3.11. The minimum atomic E-state index is -0.521. The molecule has 0 bridgehead atoms. The van der Waals surface area contributed by atoms with Gasteiger partial charge in [-0.3, -0.25) is 14.5 Å². The third kappa shape index (κ3) is 3.77. The van der Waals surface area contributed by atoms with Gasteiger partial charge in [0.05, 0.1) is 29.7 Å². The van der Waals surface area contributed by atoms with Gasteiger partial charge < -0.3 is 14.7 Å². The van der Waals surface area contributed by atoms with Gasteiger partial charge in [-0.1, -0.05) is 12.1 Å². The van der Waals surface area contributed by atoms with Crippen LogP contribution in [0, 0.1) is 0 Å². The van der Waals surface area contributed by atoms with Crippen LogP contribution in [0.15, 0.2) is 46.4 Å². The van der Waals surface area contributed by atoms with E-state index in [1.807, 2.05) is 22.9 Å². The first kappa shape index (κ1) is 19.3. The first-order valence-corrected chi connectivity index (χ1v) is 11.1. The number of ketones is 1. The fraction of sp³-hybridized carbons (Fsp3) is 0.400. The topological polar surface area (TPSA) is 70.1 Å². The molecule has 1 N–H and O–H groups in total. The molecule has 2 aromatic rings. The summed E-state index contributed by atoms with van der Waals surface area (Å²) >= 11 is 2.81. The third-order valence-corrected chi connectivity index (χ3v) is 6.88. The standard InChI is InChI=1S/C20H22N2O4S2/c23-18(15-5-2-13-28-15)16-17(14-4-1-12-27-14)22(20(25)19(16)24)7-3-6-21-8-10-26-11-9-21/h1-2,4-5,12-13,17,24H,3,6-11H2/t17-/m0/s1. The smallest absolute Gasteiger partial charge is 0.290 e. The van der Waals surface area contributed by atoms with Crippen LogP contribution in [-0.2, 0) is 9.53 Å². The third-order valence-electron chi connectivity index (χ3n) is 5.08. The number of carbonyl (C=O) groups excluding carboxylic acids is 2. The lowest BCUT2D eigenvalue weighted by atomic mass is 10.0. The van der Waals surface area contributed by atoms with E-state index < -0.39 is 17.7 Å². The second-order valence-electron chi connectivity index (χ2n) is 6.79. The molecule has 2 aromatic heterocycles. The number of Topliss-reactive ketones (excluding diaryl/α,β-unsaturated/α-hetero) is 1. The zero-order valence-corrected chi connectivity index (χ0v) is 17.0. The van der Waals surface area contributed by atoms with Crippen molar-refractivity contribution < 1.29 is 19.4 Å². The molecule has 0 spiro atoms. The number of rotatable bonds is 7. The van der Waals surface area contributed by atoms with Crippen LogP contribution in [0.3, 0.4) is 0 Å². The summed E-state index contributed by atoms with van der Waals surface area (Å²) in [6, 6.07) is 6.82. The Morgan fingerprint density at radius 2 is 1.89 bits per heavy atom. The summed E-state index contributed by atoms with van der Waals surface area (Å²) in [5.41, 5.74) is 0.196. The number of thiophene rings is 2. The number of morpholine rings is 1. The lowest BCUT2D eigenvalue weighted by molar-refractivity contribution is -0.129. The van der Waals surface area contributed by atoms with Crippen molar-refractivity contribution in [2.75, 3.05) is 39.4 Å². The Morgan fingerprint density at radius 3 is 2.57 bits per heavy atom. The molecule has 1 saturated heterocycles. The molecule has 2 aliphatic rings. The van der Waals surface area contributed by atoms with Crippen molar-refractivity contribution in [3.63, 3.8) is 0 Å². The molecule has 4 heterocycles. The van der Waals surface area contributed by atoms with E-state index in [2.05, 4.69) is 4.90 Å². The number of amides is 1. The molecular formula is C20H22N2O4S2. The molecule has 4 rings (SSSR count). The van der Waals surface area contributed by atoms with E-state index in [9.17, 15) is 14.7 Å². The zero-order valence-electron chi connectivity index (χ0n) is 15.4. The van der Waals surface area contributed by atoms with Crippen molar-refractivity contribution in [1.29, 1.82) is 0 Å². The number of nitrogens with zero attached hydrogens (tertiary/aromatic N) is 2. The first-order valence-electron chi connectivity index (χ1n) is 9.32. The van der Waals surface area contributed by atoms with Gasteiger partial charge in [-0.15, -0.1) is 22.7 Å². The van der Waals surface area contributed by atoms with Gasteiger partial charge in [0.15, 0.2) is 5.76 Å². The lowest BCUT2D eigenvalue weighted by Gasteiger charge is -2.29. The molecule has 0 unspecified atom stereocenters. The van der Waals surface area contributed by atoms with Crippen molar-refractivity contribution in [2.24, 2.45) is 0 Å². The van der Waals surface area contributed by atoms with E-state index in [0.717, 1.165) is 44.1 Å². The van der Waals surface area contributed by atoms with Crippen LogP contribution < -0.4 is 0 Å². The highest BCUT2D eigenvalue weighted by Gasteiger charge is 2.44. The predicted molar refractivity (Wildman–Crippen MR) is 109 cm³/mol. The molecule has 1 atom stereocenters. The lowest BCUT2D eigenvalue weighted by Crippen LogP contribution is -2.39. The first-order chi connectivity index (χ1) is 13.7. The largest absolute Gasteiger partial charge is 0.503 e. The zero-order chi connectivity index (χ0) is 19.5. The van der Waals surface area contributed by atoms with Crippen molar-refractivity contribution in [1.82, 2.24) is 9.80 Å². The molecule has 8 heteroatoms. The second-order valence-corrected chi connectivity index (χ2v) is 8.72. The monoisotopic (exact) mass is 418 g/mol. The van der Waals surface area contributed by atoms with Crippen molar-refractivity contribution in [3.05, 3.63) is 56.1 Å². The number of carbonyl (C=O) groups is 2. The quantitative estimate of drug-likeness (QED) is 0.700. The maximum absolute atomic E-state index is 13.0. The van der Waals surface area contributed by atoms with Crippen LogP contribution in [0.2, 0.25) is 0 Å². The van der Waals surface area contributed by atoms with Crippen LogP contribution in [0.4, 0.5) is 0 Å². The molecule has 148 valence electrons.